The van der Waals surface area contributed by atoms with Gasteiger partial charge < -0.3 is 15.4 Å². The summed E-state index contributed by atoms with van der Waals surface area (Å²) in [6.45, 7) is 5.24. The van der Waals surface area contributed by atoms with Gasteiger partial charge in [-0.25, -0.2) is 0 Å². The highest BCUT2D eigenvalue weighted by Crippen LogP contribution is 2.42. The van der Waals surface area contributed by atoms with E-state index in [9.17, 15) is 5.11 Å². The summed E-state index contributed by atoms with van der Waals surface area (Å²) in [7, 11) is 0. The SMILES string of the molecule is Cc1c[nH]c2c(O)cc3c(c12)C(C)CN3. The predicted octanol–water partition coefficient (Wildman–Crippen LogP) is 2.71. The summed E-state index contributed by atoms with van der Waals surface area (Å²) in [6, 6.07) is 1.82. The van der Waals surface area contributed by atoms with Crippen LogP contribution in [0.1, 0.15) is 24.0 Å². The van der Waals surface area contributed by atoms with Gasteiger partial charge >= 0.3 is 0 Å². The lowest BCUT2D eigenvalue weighted by Crippen LogP contribution is -1.96. The molecule has 0 saturated carbocycles. The Labute approximate surface area is 88.1 Å². The number of phenols is 1. The summed E-state index contributed by atoms with van der Waals surface area (Å²) in [5, 5.41) is 14.4. The predicted molar refractivity (Wildman–Crippen MR) is 61.6 cm³/mol. The van der Waals surface area contributed by atoms with Gasteiger partial charge in [-0.05, 0) is 18.1 Å². The van der Waals surface area contributed by atoms with Gasteiger partial charge in [0.25, 0.3) is 0 Å². The van der Waals surface area contributed by atoms with Gasteiger partial charge in [0.05, 0.1) is 5.52 Å². The summed E-state index contributed by atoms with van der Waals surface area (Å²) in [5.41, 5.74) is 4.48. The van der Waals surface area contributed by atoms with Gasteiger partial charge in [-0.1, -0.05) is 6.92 Å². The Balaban J connectivity index is 2.48. The minimum atomic E-state index is 0.332. The fourth-order valence-electron chi connectivity index (χ4n) is 2.52. The number of rotatable bonds is 0. The summed E-state index contributed by atoms with van der Waals surface area (Å²) < 4.78 is 0. The van der Waals surface area contributed by atoms with E-state index >= 15 is 0 Å². The second-order valence-corrected chi connectivity index (χ2v) is 4.36. The van der Waals surface area contributed by atoms with E-state index in [1.54, 1.807) is 0 Å². The van der Waals surface area contributed by atoms with Crippen molar-refractivity contribution in [1.29, 1.82) is 0 Å². The van der Waals surface area contributed by atoms with E-state index in [-0.39, 0.29) is 0 Å². The number of aromatic amines is 1. The third kappa shape index (κ3) is 1.00. The average molecular weight is 202 g/mol. The number of fused-ring (bicyclic) bond motifs is 3. The van der Waals surface area contributed by atoms with Crippen LogP contribution in [0.5, 0.6) is 5.75 Å². The maximum absolute atomic E-state index is 9.86. The van der Waals surface area contributed by atoms with Crippen LogP contribution in [0.2, 0.25) is 0 Å². The highest BCUT2D eigenvalue weighted by molar-refractivity contribution is 5.96. The van der Waals surface area contributed by atoms with Crippen LogP contribution in [0.4, 0.5) is 5.69 Å². The van der Waals surface area contributed by atoms with Crippen LogP contribution in [0, 0.1) is 6.92 Å². The Morgan fingerprint density at radius 3 is 3.07 bits per heavy atom. The van der Waals surface area contributed by atoms with E-state index in [4.69, 9.17) is 0 Å². The molecule has 2 aromatic rings. The standard InChI is InChI=1S/C12H14N2O/c1-6-4-13-8-3-9(15)12-11(10(6)8)7(2)5-14-12/h3,5-6,13-15H,4H2,1-2H3. The van der Waals surface area contributed by atoms with Crippen LogP contribution in [-0.4, -0.2) is 16.6 Å². The molecule has 0 bridgehead atoms. The van der Waals surface area contributed by atoms with Crippen LogP contribution in [0.3, 0.4) is 0 Å². The molecule has 1 aliphatic heterocycles. The van der Waals surface area contributed by atoms with E-state index in [1.165, 1.54) is 16.5 Å². The Bertz CT molecular complexity index is 542. The first-order chi connectivity index (χ1) is 7.18. The van der Waals surface area contributed by atoms with Gasteiger partial charge in [-0.15, -0.1) is 0 Å². The Kier molecular flexibility index (Phi) is 1.55. The summed E-state index contributed by atoms with van der Waals surface area (Å²) >= 11 is 0. The second kappa shape index (κ2) is 2.69. The van der Waals surface area contributed by atoms with Crippen molar-refractivity contribution < 1.29 is 5.11 Å². The Hall–Kier alpha value is -1.64. The Morgan fingerprint density at radius 1 is 1.47 bits per heavy atom. The fraction of sp³-hybridized carbons (Fsp3) is 0.333. The molecule has 0 aliphatic carbocycles. The van der Waals surface area contributed by atoms with Gasteiger partial charge in [0, 0.05) is 35.8 Å². The van der Waals surface area contributed by atoms with Crippen molar-refractivity contribution >= 4 is 16.6 Å². The third-order valence-electron chi connectivity index (χ3n) is 3.27. The van der Waals surface area contributed by atoms with Crippen LogP contribution in [0.25, 0.3) is 10.9 Å². The number of hydrogen-bond donors (Lipinski definition) is 3. The van der Waals surface area contributed by atoms with E-state index < -0.39 is 0 Å². The van der Waals surface area contributed by atoms with Crippen molar-refractivity contribution in [2.75, 3.05) is 11.9 Å². The van der Waals surface area contributed by atoms with Gasteiger partial charge in [0.1, 0.15) is 5.75 Å². The minimum absolute atomic E-state index is 0.332. The zero-order valence-corrected chi connectivity index (χ0v) is 8.89. The molecule has 1 unspecified atom stereocenters. The van der Waals surface area contributed by atoms with Crippen molar-refractivity contribution in [3.05, 3.63) is 23.4 Å². The molecule has 3 heteroatoms. The molecular formula is C12H14N2O. The molecule has 0 spiro atoms. The van der Waals surface area contributed by atoms with Crippen molar-refractivity contribution in [1.82, 2.24) is 4.98 Å². The Morgan fingerprint density at radius 2 is 2.27 bits per heavy atom. The summed E-state index contributed by atoms with van der Waals surface area (Å²) in [4.78, 5) is 3.13. The molecule has 1 aromatic heterocycles. The third-order valence-corrected chi connectivity index (χ3v) is 3.27. The maximum atomic E-state index is 9.86. The normalized spacial score (nSPS) is 19.2. The number of nitrogens with one attached hydrogen (secondary N) is 2. The molecule has 3 rings (SSSR count). The maximum Gasteiger partial charge on any atom is 0.141 e. The van der Waals surface area contributed by atoms with E-state index in [0.717, 1.165) is 17.7 Å². The largest absolute Gasteiger partial charge is 0.506 e. The molecular weight excluding hydrogens is 188 g/mol. The van der Waals surface area contributed by atoms with Crippen LogP contribution in [-0.2, 0) is 0 Å². The molecule has 1 atom stereocenters. The van der Waals surface area contributed by atoms with Crippen LogP contribution in [0.15, 0.2) is 12.3 Å². The molecule has 0 fully saturated rings. The smallest absolute Gasteiger partial charge is 0.141 e. The molecule has 2 heterocycles. The van der Waals surface area contributed by atoms with Gasteiger partial charge in [-0.2, -0.15) is 0 Å². The molecule has 3 nitrogen and oxygen atoms in total. The lowest BCUT2D eigenvalue weighted by molar-refractivity contribution is 0.481. The first-order valence-electron chi connectivity index (χ1n) is 5.26. The monoisotopic (exact) mass is 202 g/mol. The van der Waals surface area contributed by atoms with E-state index in [0.29, 0.717) is 11.7 Å². The molecule has 0 amide bonds. The number of aromatic hydroxyl groups is 1. The average Bonchev–Trinajstić information content (AvgIpc) is 2.72. The van der Waals surface area contributed by atoms with Crippen molar-refractivity contribution in [2.24, 2.45) is 0 Å². The summed E-state index contributed by atoms with van der Waals surface area (Å²) in [6.07, 6.45) is 1.95. The molecule has 0 saturated heterocycles. The van der Waals surface area contributed by atoms with Crippen molar-refractivity contribution in [3.63, 3.8) is 0 Å². The number of hydrogen-bond acceptors (Lipinski definition) is 2. The van der Waals surface area contributed by atoms with Gasteiger partial charge in [0.15, 0.2) is 0 Å². The minimum Gasteiger partial charge on any atom is -0.506 e. The highest BCUT2D eigenvalue weighted by atomic mass is 16.3. The number of H-pyrrole nitrogens is 1. The lowest BCUT2D eigenvalue weighted by atomic mass is 9.97. The second-order valence-electron chi connectivity index (χ2n) is 4.36. The molecule has 78 valence electrons. The van der Waals surface area contributed by atoms with E-state index in [2.05, 4.69) is 24.1 Å². The van der Waals surface area contributed by atoms with Crippen LogP contribution < -0.4 is 5.32 Å². The topological polar surface area (TPSA) is 48.0 Å². The zero-order chi connectivity index (χ0) is 10.6. The molecule has 15 heavy (non-hydrogen) atoms. The number of anilines is 1. The first kappa shape index (κ1) is 8.65. The number of benzene rings is 1. The number of aromatic nitrogens is 1. The first-order valence-corrected chi connectivity index (χ1v) is 5.26. The quantitative estimate of drug-likeness (QED) is 0.615. The molecule has 0 radical (unpaired) electrons. The van der Waals surface area contributed by atoms with Gasteiger partial charge in [-0.3, -0.25) is 0 Å². The van der Waals surface area contributed by atoms with Crippen molar-refractivity contribution in [2.45, 2.75) is 19.8 Å². The fourth-order valence-corrected chi connectivity index (χ4v) is 2.52. The molecule has 1 aromatic carbocycles. The highest BCUT2D eigenvalue weighted by Gasteiger charge is 2.24. The lowest BCUT2D eigenvalue weighted by Gasteiger charge is -2.07. The summed E-state index contributed by atoms with van der Waals surface area (Å²) in [5.74, 6) is 0.844. The van der Waals surface area contributed by atoms with E-state index in [1.807, 2.05) is 12.3 Å². The number of aryl methyl sites for hydroxylation is 1. The molecule has 3 N–H and O–H groups in total. The van der Waals surface area contributed by atoms with Crippen molar-refractivity contribution in [3.8, 4) is 5.75 Å². The van der Waals surface area contributed by atoms with Gasteiger partial charge in [0.2, 0.25) is 0 Å². The van der Waals surface area contributed by atoms with Crippen LogP contribution >= 0.6 is 0 Å². The molecule has 1 aliphatic rings. The number of phenolic OH excluding ortho intramolecular Hbond substituents is 1. The zero-order valence-electron chi connectivity index (χ0n) is 8.89.